The zero-order chi connectivity index (χ0) is 77.8. The molecular formula is C61H98N26O16S2. The summed E-state index contributed by atoms with van der Waals surface area (Å²) in [6.07, 6.45) is 0.671. The summed E-state index contributed by atoms with van der Waals surface area (Å²) in [5.74, 6) is -16.5. The van der Waals surface area contributed by atoms with Gasteiger partial charge >= 0.3 is 11.9 Å². The summed E-state index contributed by atoms with van der Waals surface area (Å²) < 4.78 is 3.84. The Kier molecular flexibility index (Phi) is 36.7. The molecule has 11 amide bonds. The number of H-pyrrole nitrogens is 1. The Balaban J connectivity index is 2.02. The topological polar surface area (TPSA) is 730 Å². The first-order chi connectivity index (χ1) is 49.8. The van der Waals surface area contributed by atoms with E-state index >= 15 is 9.59 Å². The number of imidazole rings is 1. The SMILES string of the molecule is COc1ccc(C[C@@H]2NC(=O)[C@H](CC(=O)O)NC(=O)CNC(=O)[C@H](CCCN=C(N)N)NC(=O)[C@H](Cc3cnc[nH]3)NC(=O)[C@H](CC(N)=O)NC(=O)C(NC(=O)[C@@H](N)CCCN=C(N)N)C3(CCCCC3)SSC[C@@H](C(=O)N[C@@H](CCCN=C(N)N)C(=O)O)NC(=O)[C@H](CCCN=C(N)N)NC2=O)cc1. The predicted octanol–water partition coefficient (Wildman–Crippen LogP) is -8.24. The van der Waals surface area contributed by atoms with Gasteiger partial charge in [-0.1, -0.05) is 53.0 Å². The molecule has 1 aromatic heterocycles. The third kappa shape index (κ3) is 31.7. The summed E-state index contributed by atoms with van der Waals surface area (Å²) in [6, 6.07) is -10.9. The molecule has 1 unspecified atom stereocenters. The molecule has 1 aliphatic carbocycles. The first-order valence-corrected chi connectivity index (χ1v) is 35.7. The van der Waals surface area contributed by atoms with Crippen LogP contribution in [-0.2, 0) is 75.2 Å². The molecular weight excluding hydrogens is 1420 g/mol. The van der Waals surface area contributed by atoms with Crippen LogP contribution in [0.5, 0.6) is 5.75 Å². The molecule has 44 heteroatoms. The minimum absolute atomic E-state index is 0.00606. The van der Waals surface area contributed by atoms with Crippen LogP contribution in [0.3, 0.4) is 0 Å². The number of carboxylic acid groups (broad SMARTS) is 2. The zero-order valence-electron chi connectivity index (χ0n) is 57.9. The Morgan fingerprint density at radius 2 is 1.10 bits per heavy atom. The van der Waals surface area contributed by atoms with Crippen LogP contribution in [0.1, 0.15) is 108 Å². The van der Waals surface area contributed by atoms with E-state index in [9.17, 15) is 63.0 Å². The Labute approximate surface area is 611 Å². The van der Waals surface area contributed by atoms with Gasteiger partial charge in [0.25, 0.3) is 0 Å². The van der Waals surface area contributed by atoms with Gasteiger partial charge in [-0.15, -0.1) is 0 Å². The lowest BCUT2D eigenvalue weighted by Crippen LogP contribution is -2.64. The molecule has 2 fully saturated rings. The highest BCUT2D eigenvalue weighted by Crippen LogP contribution is 2.48. The first kappa shape index (κ1) is 86.5. The summed E-state index contributed by atoms with van der Waals surface area (Å²) in [5, 5.41) is 45.5. The van der Waals surface area contributed by atoms with Crippen molar-refractivity contribution in [3.63, 3.8) is 0 Å². The van der Waals surface area contributed by atoms with Crippen molar-refractivity contribution >= 4 is 122 Å². The third-order valence-corrected chi connectivity index (χ3v) is 19.5. The fraction of sp³-hybridized carbons (Fsp3) is 0.574. The van der Waals surface area contributed by atoms with Crippen LogP contribution < -0.4 is 115 Å². The van der Waals surface area contributed by atoms with E-state index in [4.69, 9.17) is 62.1 Å². The molecule has 10 atom stereocenters. The van der Waals surface area contributed by atoms with Crippen molar-refractivity contribution in [3.05, 3.63) is 48.0 Å². The Bertz CT molecular complexity index is 3420. The number of primary amides is 1. The molecule has 0 radical (unpaired) electrons. The van der Waals surface area contributed by atoms with Gasteiger partial charge in [-0.25, -0.2) is 9.78 Å². The van der Waals surface area contributed by atoms with Gasteiger partial charge < -0.3 is 130 Å². The number of amides is 11. The van der Waals surface area contributed by atoms with Gasteiger partial charge in [0.2, 0.25) is 65.0 Å². The van der Waals surface area contributed by atoms with Crippen molar-refractivity contribution in [2.75, 3.05) is 45.6 Å². The maximum Gasteiger partial charge on any atom is 0.326 e. The van der Waals surface area contributed by atoms with Crippen molar-refractivity contribution in [2.45, 2.75) is 174 Å². The maximum absolute atomic E-state index is 15.4. The summed E-state index contributed by atoms with van der Waals surface area (Å²) in [7, 11) is 3.24. The number of carboxylic acids is 2. The summed E-state index contributed by atoms with van der Waals surface area (Å²) in [6.45, 7) is -1.21. The molecule has 42 nitrogen and oxygen atoms in total. The maximum atomic E-state index is 15.4. The minimum atomic E-state index is -1.99. The quantitative estimate of drug-likeness (QED) is 0.0149. The second kappa shape index (κ2) is 44.6. The molecule has 1 saturated carbocycles. The van der Waals surface area contributed by atoms with Gasteiger partial charge in [-0.3, -0.25) is 77.5 Å². The van der Waals surface area contributed by atoms with Crippen LogP contribution in [-0.4, -0.2) is 232 Å². The number of methoxy groups -OCH3 is 1. The normalized spacial score (nSPS) is 21.7. The standard InChI is InChI=1S/C61H98N26O16S2/c1-103-33-15-13-31(14-16-33)23-38-50(95)81-36(11-7-21-75-59(68)69)49(94)86-42(54(99)82-37(56(101)102)12-8-22-76-60(70)71)29-104-105-61(17-3-2-4-18-61)46(87-47(92)34(62)9-5-19-73-57(64)65)55(100)85-40(25-43(63)88)52(97)84-39(24-32-27-72-30-78-32)51(96)80-35(10-6-20-74-58(66)67)48(93)77-28-44(89)79-41(26-45(90)91)53(98)83-38/h13-16,27,30,34-42,46H,2-12,17-26,28-29,62H2,1H3,(H2,63,88)(H,72,78)(H,77,93)(H,79,89)(H,80,96)(H,81,95)(H,82,99)(H,83,98)(H,84,97)(H,85,100)(H,86,94)(H,87,92)(H,90,91)(H,101,102)(H4,64,65,73)(H4,66,67,74)(H4,68,69,75)(H4,70,71,76)/t34-,35-,36-,37-,38-,39-,40-,41-,42-,46?/m0/s1. The number of aromatic amines is 1. The molecule has 33 N–H and O–H groups in total. The van der Waals surface area contributed by atoms with Crippen LogP contribution in [0.15, 0.2) is 56.8 Å². The van der Waals surface area contributed by atoms with Gasteiger partial charge in [0, 0.05) is 56.7 Å². The Morgan fingerprint density at radius 3 is 1.62 bits per heavy atom. The number of aromatic nitrogens is 2. The fourth-order valence-electron chi connectivity index (χ4n) is 10.9. The molecule has 2 aliphatic rings. The fourth-order valence-corrected chi connectivity index (χ4v) is 14.4. The van der Waals surface area contributed by atoms with E-state index in [1.807, 2.05) is 0 Å². The van der Waals surface area contributed by atoms with Crippen LogP contribution in [0.25, 0.3) is 0 Å². The van der Waals surface area contributed by atoms with Gasteiger partial charge in [0.05, 0.1) is 43.6 Å². The molecule has 4 rings (SSSR count). The number of hydrogen-bond acceptors (Lipinski definition) is 22. The first-order valence-electron chi connectivity index (χ1n) is 33.4. The lowest BCUT2D eigenvalue weighted by atomic mass is 9.82. The third-order valence-electron chi connectivity index (χ3n) is 16.2. The van der Waals surface area contributed by atoms with E-state index in [-0.39, 0.29) is 126 Å². The van der Waals surface area contributed by atoms with Gasteiger partial charge in [0.15, 0.2) is 23.8 Å². The number of carbonyl (C=O) groups is 13. The number of nitrogens with two attached hydrogens (primary N) is 10. The number of benzene rings is 1. The lowest BCUT2D eigenvalue weighted by molar-refractivity contribution is -0.142. The number of aliphatic carboxylic acids is 2. The number of guanidine groups is 4. The number of aliphatic imine (C=N–C) groups is 4. The highest BCUT2D eigenvalue weighted by molar-refractivity contribution is 8.77. The van der Waals surface area contributed by atoms with E-state index in [2.05, 4.69) is 83.1 Å². The molecule has 105 heavy (non-hydrogen) atoms. The summed E-state index contributed by atoms with van der Waals surface area (Å²) in [5.41, 5.74) is 57.1. The number of nitrogens with one attached hydrogen (secondary N) is 11. The van der Waals surface area contributed by atoms with Crippen molar-refractivity contribution in [2.24, 2.45) is 77.3 Å². The van der Waals surface area contributed by atoms with Crippen molar-refractivity contribution < 1.29 is 77.3 Å². The Morgan fingerprint density at radius 1 is 0.610 bits per heavy atom. The van der Waals surface area contributed by atoms with Gasteiger partial charge in [0.1, 0.15) is 60.1 Å². The molecule has 2 aromatic rings. The number of hydrogen-bond donors (Lipinski definition) is 23. The highest BCUT2D eigenvalue weighted by atomic mass is 33.1. The lowest BCUT2D eigenvalue weighted by Gasteiger charge is -2.42. The monoisotopic (exact) mass is 1510 g/mol. The van der Waals surface area contributed by atoms with Gasteiger partial charge in [-0.05, 0) is 81.9 Å². The number of rotatable bonds is 30. The average molecular weight is 1520 g/mol. The molecule has 2 heterocycles. The summed E-state index contributed by atoms with van der Waals surface area (Å²) in [4.78, 5) is 207. The van der Waals surface area contributed by atoms with Crippen LogP contribution in [0.2, 0.25) is 0 Å². The smallest absolute Gasteiger partial charge is 0.326 e. The molecule has 1 saturated heterocycles. The number of nitrogens with zero attached hydrogens (tertiary/aromatic N) is 5. The largest absolute Gasteiger partial charge is 0.497 e. The minimum Gasteiger partial charge on any atom is -0.497 e. The van der Waals surface area contributed by atoms with E-state index in [1.165, 1.54) is 43.9 Å². The van der Waals surface area contributed by atoms with E-state index in [0.29, 0.717) is 30.6 Å². The van der Waals surface area contributed by atoms with Crippen LogP contribution >= 0.6 is 21.6 Å². The molecule has 580 valence electrons. The summed E-state index contributed by atoms with van der Waals surface area (Å²) >= 11 is 0. The predicted molar refractivity (Wildman–Crippen MR) is 387 cm³/mol. The molecule has 0 bridgehead atoms. The number of carbonyl (C=O) groups excluding carboxylic acids is 11. The van der Waals surface area contributed by atoms with E-state index < -0.39 is 174 Å². The molecule has 1 aliphatic heterocycles. The van der Waals surface area contributed by atoms with Gasteiger partial charge in [-0.2, -0.15) is 0 Å². The Hall–Kier alpha value is -10.9. The van der Waals surface area contributed by atoms with Crippen molar-refractivity contribution in [1.29, 1.82) is 0 Å². The second-order valence-corrected chi connectivity index (χ2v) is 27.3. The highest BCUT2D eigenvalue weighted by Gasteiger charge is 2.48. The molecule has 1 aromatic carbocycles. The van der Waals surface area contributed by atoms with Crippen LogP contribution in [0.4, 0.5) is 0 Å². The zero-order valence-corrected chi connectivity index (χ0v) is 59.6. The number of ether oxygens (including phenoxy) is 1. The average Bonchev–Trinajstić information content (AvgIpc) is 1.35. The van der Waals surface area contributed by atoms with Crippen molar-refractivity contribution in [1.82, 2.24) is 63.1 Å². The molecule has 1 spiro atoms. The second-order valence-electron chi connectivity index (χ2n) is 24.5. The van der Waals surface area contributed by atoms with Crippen molar-refractivity contribution in [3.8, 4) is 5.75 Å². The van der Waals surface area contributed by atoms with Crippen LogP contribution in [0, 0.1) is 0 Å². The van der Waals surface area contributed by atoms with E-state index in [1.54, 1.807) is 0 Å². The van der Waals surface area contributed by atoms with E-state index in [0.717, 1.165) is 21.6 Å².